The summed E-state index contributed by atoms with van der Waals surface area (Å²) < 4.78 is 76.1. The van der Waals surface area contributed by atoms with Gasteiger partial charge in [-0.1, -0.05) is 17.7 Å². The summed E-state index contributed by atoms with van der Waals surface area (Å²) >= 11 is 0. The average molecular weight is 318 g/mol. The second-order valence-corrected chi connectivity index (χ2v) is 4.95. The van der Waals surface area contributed by atoms with Gasteiger partial charge >= 0.3 is 12.4 Å². The van der Waals surface area contributed by atoms with Gasteiger partial charge in [0.2, 0.25) is 0 Å². The van der Waals surface area contributed by atoms with E-state index in [1.54, 1.807) is 5.32 Å². The van der Waals surface area contributed by atoms with Crippen LogP contribution >= 0.6 is 0 Å². The summed E-state index contributed by atoms with van der Waals surface area (Å²) in [6, 6.07) is 0. The first-order chi connectivity index (χ1) is 9.64. The van der Waals surface area contributed by atoms with Gasteiger partial charge in [0.1, 0.15) is 0 Å². The number of allylic oxidation sites excluding steroid dienone is 4. The minimum absolute atomic E-state index is 0.0169. The molecule has 21 heavy (non-hydrogen) atoms. The summed E-state index contributed by atoms with van der Waals surface area (Å²) in [5.41, 5.74) is -1.05. The fourth-order valence-electron chi connectivity index (χ4n) is 2.13. The minimum Gasteiger partial charge on any atom is -0.391 e. The van der Waals surface area contributed by atoms with E-state index in [-0.39, 0.29) is 18.6 Å². The van der Waals surface area contributed by atoms with E-state index < -0.39 is 30.3 Å². The zero-order valence-electron chi connectivity index (χ0n) is 11.3. The second-order valence-electron chi connectivity index (χ2n) is 4.95. The Morgan fingerprint density at radius 2 is 1.81 bits per heavy atom. The third kappa shape index (κ3) is 6.09. The molecular formula is C13H18F6NO+. The van der Waals surface area contributed by atoms with Gasteiger partial charge in [-0.2, -0.15) is 26.3 Å². The first-order valence-electron chi connectivity index (χ1n) is 6.62. The van der Waals surface area contributed by atoms with Crippen molar-refractivity contribution in [2.24, 2.45) is 5.92 Å². The average Bonchev–Trinajstić information content (AvgIpc) is 2.36. The van der Waals surface area contributed by atoms with Crippen LogP contribution in [-0.2, 0) is 0 Å². The summed E-state index contributed by atoms with van der Waals surface area (Å²) in [4.78, 5) is 0. The maximum atomic E-state index is 12.7. The van der Waals surface area contributed by atoms with Gasteiger partial charge in [-0.05, 0) is 12.8 Å². The number of alkyl halides is 6. The first-order valence-corrected chi connectivity index (χ1v) is 6.62. The maximum absolute atomic E-state index is 12.7. The summed E-state index contributed by atoms with van der Waals surface area (Å²) in [5.74, 6) is -2.07. The lowest BCUT2D eigenvalue weighted by Crippen LogP contribution is -2.85. The van der Waals surface area contributed by atoms with Crippen LogP contribution in [0.2, 0.25) is 0 Å². The molecule has 122 valence electrons. The lowest BCUT2D eigenvalue weighted by molar-refractivity contribution is -0.656. The predicted molar refractivity (Wildman–Crippen MR) is 64.4 cm³/mol. The van der Waals surface area contributed by atoms with Crippen molar-refractivity contribution in [2.45, 2.75) is 31.6 Å². The summed E-state index contributed by atoms with van der Waals surface area (Å²) in [5, 5.41) is 10.3. The van der Waals surface area contributed by atoms with Gasteiger partial charge in [-0.25, -0.2) is 0 Å². The summed E-state index contributed by atoms with van der Waals surface area (Å²) in [7, 11) is 0. The van der Waals surface area contributed by atoms with Crippen LogP contribution in [0.3, 0.4) is 0 Å². The van der Waals surface area contributed by atoms with E-state index in [9.17, 15) is 26.3 Å². The molecule has 0 aromatic heterocycles. The molecular weight excluding hydrogens is 300 g/mol. The highest BCUT2D eigenvalue weighted by Gasteiger charge is 2.45. The molecule has 0 aromatic carbocycles. The zero-order chi connectivity index (χ0) is 16.1. The third-order valence-corrected chi connectivity index (χ3v) is 3.21. The largest absolute Gasteiger partial charge is 0.412 e. The first kappa shape index (κ1) is 18.0. The van der Waals surface area contributed by atoms with Crippen LogP contribution in [0.4, 0.5) is 26.3 Å². The number of rotatable bonds is 6. The SMILES string of the molecule is OCC[NH2+]CCCC1=CC(C(F)(F)F)CC(C(F)(F)F)=C1. The molecule has 0 aromatic rings. The molecule has 0 radical (unpaired) electrons. The molecule has 1 aliphatic carbocycles. The second kappa shape index (κ2) is 7.31. The standard InChI is InChI=1S/C13H17F6NO/c14-12(15,16)10-6-9(2-1-3-20-4-5-21)7-11(8-10)13(17,18)19/h6-7,10,20-21H,1-5,8H2/p+1. The predicted octanol–water partition coefficient (Wildman–Crippen LogP) is 2.32. The van der Waals surface area contributed by atoms with Crippen molar-refractivity contribution in [1.82, 2.24) is 0 Å². The Labute approximate surface area is 118 Å². The quantitative estimate of drug-likeness (QED) is 0.572. The van der Waals surface area contributed by atoms with Gasteiger partial charge < -0.3 is 10.4 Å². The fourth-order valence-corrected chi connectivity index (χ4v) is 2.13. The van der Waals surface area contributed by atoms with Crippen molar-refractivity contribution >= 4 is 0 Å². The van der Waals surface area contributed by atoms with Crippen LogP contribution in [0.5, 0.6) is 0 Å². The zero-order valence-corrected chi connectivity index (χ0v) is 11.3. The van der Waals surface area contributed by atoms with Gasteiger partial charge in [-0.15, -0.1) is 0 Å². The van der Waals surface area contributed by atoms with E-state index in [1.165, 1.54) is 0 Å². The van der Waals surface area contributed by atoms with E-state index >= 15 is 0 Å². The molecule has 0 fully saturated rings. The van der Waals surface area contributed by atoms with Gasteiger partial charge in [0.15, 0.2) is 0 Å². The summed E-state index contributed by atoms with van der Waals surface area (Å²) in [6.07, 6.45) is -8.11. The molecule has 8 heteroatoms. The van der Waals surface area contributed by atoms with Crippen LogP contribution in [0.15, 0.2) is 23.3 Å². The van der Waals surface area contributed by atoms with E-state index in [2.05, 4.69) is 0 Å². The van der Waals surface area contributed by atoms with Crippen LogP contribution in [0.1, 0.15) is 19.3 Å². The molecule has 2 nitrogen and oxygen atoms in total. The maximum Gasteiger partial charge on any atom is 0.412 e. The molecule has 1 aliphatic rings. The lowest BCUT2D eigenvalue weighted by atomic mass is 9.88. The highest BCUT2D eigenvalue weighted by atomic mass is 19.4. The lowest BCUT2D eigenvalue weighted by Gasteiger charge is -2.25. The molecule has 1 unspecified atom stereocenters. The van der Waals surface area contributed by atoms with Crippen LogP contribution < -0.4 is 5.32 Å². The van der Waals surface area contributed by atoms with Crippen LogP contribution in [0.25, 0.3) is 0 Å². The van der Waals surface area contributed by atoms with E-state index in [0.29, 0.717) is 19.5 Å². The Hall–Kier alpha value is -1.02. The van der Waals surface area contributed by atoms with Crippen molar-refractivity contribution in [1.29, 1.82) is 0 Å². The van der Waals surface area contributed by atoms with Gasteiger partial charge in [-0.3, -0.25) is 0 Å². The van der Waals surface area contributed by atoms with E-state index in [1.807, 2.05) is 0 Å². The number of nitrogens with two attached hydrogens (primary N) is 1. The molecule has 0 spiro atoms. The fraction of sp³-hybridized carbons (Fsp3) is 0.692. The normalized spacial score (nSPS) is 20.2. The molecule has 3 N–H and O–H groups in total. The van der Waals surface area contributed by atoms with Gasteiger partial charge in [0.25, 0.3) is 0 Å². The number of quaternary nitrogens is 1. The Balaban J connectivity index is 2.72. The van der Waals surface area contributed by atoms with Crippen LogP contribution in [0, 0.1) is 5.92 Å². The smallest absolute Gasteiger partial charge is 0.391 e. The van der Waals surface area contributed by atoms with Crippen molar-refractivity contribution < 1.29 is 36.8 Å². The van der Waals surface area contributed by atoms with Crippen molar-refractivity contribution in [3.63, 3.8) is 0 Å². The monoisotopic (exact) mass is 318 g/mol. The Morgan fingerprint density at radius 1 is 1.14 bits per heavy atom. The minimum atomic E-state index is -4.73. The van der Waals surface area contributed by atoms with Gasteiger partial charge in [0.05, 0.1) is 25.6 Å². The molecule has 1 rings (SSSR count). The molecule has 0 amide bonds. The van der Waals surface area contributed by atoms with Crippen molar-refractivity contribution in [3.8, 4) is 0 Å². The summed E-state index contributed by atoms with van der Waals surface area (Å²) in [6.45, 7) is 0.995. The van der Waals surface area contributed by atoms with Crippen molar-refractivity contribution in [3.05, 3.63) is 23.3 Å². The van der Waals surface area contributed by atoms with Gasteiger partial charge in [0, 0.05) is 12.0 Å². The van der Waals surface area contributed by atoms with E-state index in [0.717, 1.165) is 12.2 Å². The third-order valence-electron chi connectivity index (χ3n) is 3.21. The molecule has 0 saturated carbocycles. The molecule has 0 heterocycles. The molecule has 1 atom stereocenters. The number of hydrogen-bond donors (Lipinski definition) is 2. The highest BCUT2D eigenvalue weighted by molar-refractivity contribution is 5.32. The molecule has 0 bridgehead atoms. The van der Waals surface area contributed by atoms with E-state index in [4.69, 9.17) is 5.11 Å². The highest BCUT2D eigenvalue weighted by Crippen LogP contribution is 2.42. The number of aliphatic hydroxyl groups is 1. The Bertz CT molecular complexity index is 396. The number of aliphatic hydroxyl groups excluding tert-OH is 1. The number of hydrogen-bond acceptors (Lipinski definition) is 1. The topological polar surface area (TPSA) is 36.8 Å². The molecule has 0 aliphatic heterocycles. The Kier molecular flexibility index (Phi) is 6.27. The number of halogens is 6. The van der Waals surface area contributed by atoms with Crippen molar-refractivity contribution in [2.75, 3.05) is 19.7 Å². The van der Waals surface area contributed by atoms with Crippen LogP contribution in [-0.4, -0.2) is 37.2 Å². The Morgan fingerprint density at radius 3 is 2.33 bits per heavy atom. The molecule has 0 saturated heterocycles.